The van der Waals surface area contributed by atoms with Gasteiger partial charge in [-0.2, -0.15) is 0 Å². The molecule has 2 aromatic rings. The third-order valence-electron chi connectivity index (χ3n) is 4.25. The Labute approximate surface area is 183 Å². The average molecular weight is 427 g/mol. The molecule has 0 spiro atoms. The first-order valence-electron chi connectivity index (χ1n) is 10.3. The maximum atomic E-state index is 12.6. The number of ether oxygens (including phenoxy) is 1. The van der Waals surface area contributed by atoms with E-state index >= 15 is 0 Å². The molecule has 0 fully saturated rings. The zero-order valence-corrected chi connectivity index (χ0v) is 18.5. The van der Waals surface area contributed by atoms with Crippen LogP contribution >= 0.6 is 11.8 Å². The van der Waals surface area contributed by atoms with Gasteiger partial charge in [-0.15, -0.1) is 6.58 Å². The first-order valence-corrected chi connectivity index (χ1v) is 11.1. The van der Waals surface area contributed by atoms with Crippen molar-refractivity contribution in [3.8, 4) is 5.75 Å². The van der Waals surface area contributed by atoms with Crippen LogP contribution in [0, 0.1) is 0 Å². The number of rotatable bonds is 11. The number of hydrogen-bond donors (Lipinski definition) is 1. The molecule has 0 aliphatic carbocycles. The highest BCUT2D eigenvalue weighted by Gasteiger charge is 2.15. The van der Waals surface area contributed by atoms with Gasteiger partial charge in [0.2, 0.25) is 0 Å². The van der Waals surface area contributed by atoms with Gasteiger partial charge >= 0.3 is 12.0 Å². The van der Waals surface area contributed by atoms with E-state index in [9.17, 15) is 9.59 Å². The number of amides is 2. The minimum atomic E-state index is -0.215. The summed E-state index contributed by atoms with van der Waals surface area (Å²) in [4.78, 5) is 28.0. The molecule has 1 N–H and O–H groups in total. The van der Waals surface area contributed by atoms with Crippen molar-refractivity contribution in [2.24, 2.45) is 0 Å². The molecule has 0 aliphatic rings. The van der Waals surface area contributed by atoms with Crippen molar-refractivity contribution in [1.29, 1.82) is 0 Å². The fourth-order valence-electron chi connectivity index (χ4n) is 2.73. The van der Waals surface area contributed by atoms with Gasteiger partial charge in [0.15, 0.2) is 0 Å². The molecule has 0 aliphatic heterocycles. The Bertz CT molecular complexity index is 837. The molecule has 30 heavy (non-hydrogen) atoms. The Morgan fingerprint density at radius 3 is 2.53 bits per heavy atom. The number of nitrogens with one attached hydrogen (secondary N) is 1. The van der Waals surface area contributed by atoms with E-state index in [-0.39, 0.29) is 12.0 Å². The molecule has 0 saturated carbocycles. The lowest BCUT2D eigenvalue weighted by Gasteiger charge is -2.23. The molecule has 160 valence electrons. The molecule has 2 amide bonds. The second-order valence-electron chi connectivity index (χ2n) is 6.77. The van der Waals surface area contributed by atoms with E-state index in [2.05, 4.69) is 18.8 Å². The summed E-state index contributed by atoms with van der Waals surface area (Å²) in [5, 5.41) is 2.86. The predicted octanol–water partition coefficient (Wildman–Crippen LogP) is 6.05. The Morgan fingerprint density at radius 1 is 1.10 bits per heavy atom. The molecule has 0 heterocycles. The molecule has 0 aromatic heterocycles. The SMILES string of the molecule is C=CCNC(=O)N(CCCC)c1cccc(Sc2ccc(OC(=O)CCC)cc2)c1. The second kappa shape index (κ2) is 12.8. The van der Waals surface area contributed by atoms with Crippen LogP contribution in [0.25, 0.3) is 0 Å². The van der Waals surface area contributed by atoms with Gasteiger partial charge in [0.25, 0.3) is 0 Å². The van der Waals surface area contributed by atoms with E-state index in [1.54, 1.807) is 34.9 Å². The van der Waals surface area contributed by atoms with E-state index < -0.39 is 0 Å². The minimum Gasteiger partial charge on any atom is -0.427 e. The molecule has 6 heteroatoms. The summed E-state index contributed by atoms with van der Waals surface area (Å²) in [6.07, 6.45) is 4.79. The van der Waals surface area contributed by atoms with E-state index in [0.29, 0.717) is 25.3 Å². The number of benzene rings is 2. The van der Waals surface area contributed by atoms with Crippen LogP contribution in [0.3, 0.4) is 0 Å². The van der Waals surface area contributed by atoms with Gasteiger partial charge < -0.3 is 10.1 Å². The molecule has 0 unspecified atom stereocenters. The topological polar surface area (TPSA) is 58.6 Å². The van der Waals surface area contributed by atoms with Crippen molar-refractivity contribution >= 4 is 29.4 Å². The molecule has 5 nitrogen and oxygen atoms in total. The number of carbonyl (C=O) groups excluding carboxylic acids is 2. The highest BCUT2D eigenvalue weighted by molar-refractivity contribution is 7.99. The van der Waals surface area contributed by atoms with E-state index in [1.807, 2.05) is 43.3 Å². The quantitative estimate of drug-likeness (QED) is 0.270. The Balaban J connectivity index is 2.10. The number of carbonyl (C=O) groups is 2. The van der Waals surface area contributed by atoms with Crippen molar-refractivity contribution in [3.63, 3.8) is 0 Å². The van der Waals surface area contributed by atoms with Crippen LogP contribution < -0.4 is 15.0 Å². The number of esters is 1. The summed E-state index contributed by atoms with van der Waals surface area (Å²) in [6.45, 7) is 8.80. The molecular weight excluding hydrogens is 396 g/mol. The molecule has 0 radical (unpaired) electrons. The van der Waals surface area contributed by atoms with Gasteiger partial charge in [-0.25, -0.2) is 4.79 Å². The van der Waals surface area contributed by atoms with E-state index in [4.69, 9.17) is 4.74 Å². The lowest BCUT2D eigenvalue weighted by atomic mass is 10.2. The van der Waals surface area contributed by atoms with Crippen LogP contribution in [0.1, 0.15) is 39.5 Å². The summed E-state index contributed by atoms with van der Waals surface area (Å²) < 4.78 is 5.30. The summed E-state index contributed by atoms with van der Waals surface area (Å²) >= 11 is 1.60. The Morgan fingerprint density at radius 2 is 1.87 bits per heavy atom. The van der Waals surface area contributed by atoms with E-state index in [0.717, 1.165) is 34.7 Å². The van der Waals surface area contributed by atoms with Gasteiger partial charge in [0, 0.05) is 35.0 Å². The van der Waals surface area contributed by atoms with Gasteiger partial charge in [-0.3, -0.25) is 9.69 Å². The van der Waals surface area contributed by atoms with Crippen molar-refractivity contribution in [3.05, 3.63) is 61.2 Å². The van der Waals surface area contributed by atoms with Crippen LogP contribution in [0.15, 0.2) is 71.0 Å². The zero-order valence-electron chi connectivity index (χ0n) is 17.7. The summed E-state index contributed by atoms with van der Waals surface area (Å²) in [5.74, 6) is 0.337. The maximum Gasteiger partial charge on any atom is 0.322 e. The third kappa shape index (κ3) is 7.59. The van der Waals surface area contributed by atoms with Crippen molar-refractivity contribution in [1.82, 2.24) is 5.32 Å². The highest BCUT2D eigenvalue weighted by atomic mass is 32.2. The highest BCUT2D eigenvalue weighted by Crippen LogP contribution is 2.31. The normalized spacial score (nSPS) is 10.3. The van der Waals surface area contributed by atoms with Crippen LogP contribution in [-0.2, 0) is 4.79 Å². The maximum absolute atomic E-state index is 12.6. The van der Waals surface area contributed by atoms with Gasteiger partial charge in [0.05, 0.1) is 0 Å². The molecule has 0 saturated heterocycles. The lowest BCUT2D eigenvalue weighted by molar-refractivity contribution is -0.134. The number of nitrogens with zero attached hydrogens (tertiary/aromatic N) is 1. The molecular formula is C24H30N2O3S. The number of unbranched alkanes of at least 4 members (excludes halogenated alkanes) is 1. The second-order valence-corrected chi connectivity index (χ2v) is 7.92. The Hall–Kier alpha value is -2.73. The summed E-state index contributed by atoms with van der Waals surface area (Å²) in [7, 11) is 0. The first-order chi connectivity index (χ1) is 14.6. The third-order valence-corrected chi connectivity index (χ3v) is 5.25. The fraction of sp³-hybridized carbons (Fsp3) is 0.333. The average Bonchev–Trinajstić information content (AvgIpc) is 2.74. The van der Waals surface area contributed by atoms with Crippen LogP contribution in [0.5, 0.6) is 5.75 Å². The molecule has 2 rings (SSSR count). The number of anilines is 1. The monoisotopic (exact) mass is 426 g/mol. The lowest BCUT2D eigenvalue weighted by Crippen LogP contribution is -2.40. The number of hydrogen-bond acceptors (Lipinski definition) is 4. The van der Waals surface area contributed by atoms with Gasteiger partial charge in [0.1, 0.15) is 5.75 Å². The van der Waals surface area contributed by atoms with Crippen LogP contribution in [0.2, 0.25) is 0 Å². The summed E-state index contributed by atoms with van der Waals surface area (Å²) in [5.41, 5.74) is 0.861. The molecule has 0 atom stereocenters. The minimum absolute atomic E-state index is 0.122. The predicted molar refractivity (Wildman–Crippen MR) is 123 cm³/mol. The van der Waals surface area contributed by atoms with Crippen molar-refractivity contribution in [2.45, 2.75) is 49.3 Å². The first kappa shape index (κ1) is 23.5. The molecule has 2 aromatic carbocycles. The van der Waals surface area contributed by atoms with Crippen molar-refractivity contribution in [2.75, 3.05) is 18.0 Å². The largest absolute Gasteiger partial charge is 0.427 e. The molecule has 0 bridgehead atoms. The smallest absolute Gasteiger partial charge is 0.322 e. The van der Waals surface area contributed by atoms with Crippen LogP contribution in [-0.4, -0.2) is 25.1 Å². The van der Waals surface area contributed by atoms with Gasteiger partial charge in [-0.1, -0.05) is 44.2 Å². The Kier molecular flexibility index (Phi) is 10.0. The van der Waals surface area contributed by atoms with Crippen LogP contribution in [0.4, 0.5) is 10.5 Å². The van der Waals surface area contributed by atoms with Gasteiger partial charge in [-0.05, 0) is 55.3 Å². The van der Waals surface area contributed by atoms with Crippen molar-refractivity contribution < 1.29 is 14.3 Å². The fourth-order valence-corrected chi connectivity index (χ4v) is 3.60. The summed E-state index contributed by atoms with van der Waals surface area (Å²) in [6, 6.07) is 15.3. The van der Waals surface area contributed by atoms with E-state index in [1.165, 1.54) is 0 Å². The zero-order chi connectivity index (χ0) is 21.8. The standard InChI is InChI=1S/C24H30N2O3S/c1-4-7-17-26(24(28)25-16-6-3)19-10-8-11-22(18-19)30-21-14-12-20(13-15-21)29-23(27)9-5-2/h6,8,10-15,18H,3-5,7,9,16-17H2,1-2H3,(H,25,28). The number of urea groups is 1.